The molecule has 2 aromatic heterocycles. The molecule has 0 amide bonds. The minimum Gasteiger partial charge on any atom is -0.381 e. The van der Waals surface area contributed by atoms with Crippen LogP contribution < -0.4 is 11.5 Å². The summed E-state index contributed by atoms with van der Waals surface area (Å²) < 4.78 is 3.06. The molecular formula is C5H8N8. The van der Waals surface area contributed by atoms with E-state index in [1.165, 1.54) is 9.36 Å². The van der Waals surface area contributed by atoms with Gasteiger partial charge >= 0.3 is 0 Å². The molecule has 8 heteroatoms. The van der Waals surface area contributed by atoms with Gasteiger partial charge in [-0.1, -0.05) is 10.4 Å². The number of nitrogen functional groups attached to an aromatic ring is 2. The van der Waals surface area contributed by atoms with E-state index in [4.69, 9.17) is 11.5 Å². The first-order valence-corrected chi connectivity index (χ1v) is 3.55. The maximum atomic E-state index is 5.37. The normalized spacial score (nSPS) is 10.5. The molecule has 4 N–H and O–H groups in total. The Kier molecular flexibility index (Phi) is 1.58. The second-order valence-corrected chi connectivity index (χ2v) is 2.51. The highest BCUT2D eigenvalue weighted by Gasteiger charge is 1.99. The summed E-state index contributed by atoms with van der Waals surface area (Å²) in [5.74, 6) is 0.737. The van der Waals surface area contributed by atoms with Crippen molar-refractivity contribution in [3.05, 3.63) is 12.4 Å². The fourth-order valence-electron chi connectivity index (χ4n) is 0.913. The maximum Gasteiger partial charge on any atom is 0.166 e. The third kappa shape index (κ3) is 1.55. The third-order valence-corrected chi connectivity index (χ3v) is 1.40. The second-order valence-electron chi connectivity index (χ2n) is 2.51. The topological polar surface area (TPSA) is 113 Å². The van der Waals surface area contributed by atoms with Crippen LogP contribution >= 0.6 is 0 Å². The molecule has 8 nitrogen and oxygen atoms in total. The lowest BCUT2D eigenvalue weighted by molar-refractivity contribution is 0.478. The first kappa shape index (κ1) is 7.53. The summed E-state index contributed by atoms with van der Waals surface area (Å²) >= 11 is 0. The van der Waals surface area contributed by atoms with Gasteiger partial charge in [0.2, 0.25) is 0 Å². The van der Waals surface area contributed by atoms with Crippen LogP contribution in [0.15, 0.2) is 12.4 Å². The smallest absolute Gasteiger partial charge is 0.166 e. The molecule has 0 spiro atoms. The molecule has 0 aliphatic heterocycles. The van der Waals surface area contributed by atoms with Crippen molar-refractivity contribution in [1.29, 1.82) is 0 Å². The molecule has 0 saturated carbocycles. The third-order valence-electron chi connectivity index (χ3n) is 1.40. The number of nitrogens with zero attached hydrogens (tertiary/aromatic N) is 6. The molecule has 0 aromatic carbocycles. The van der Waals surface area contributed by atoms with E-state index in [1.54, 1.807) is 12.4 Å². The fraction of sp³-hybridized carbons (Fsp3) is 0.200. The molecule has 0 unspecified atom stereocenters. The van der Waals surface area contributed by atoms with Crippen molar-refractivity contribution >= 4 is 11.6 Å². The number of aromatic nitrogens is 6. The van der Waals surface area contributed by atoms with Crippen LogP contribution in [0.5, 0.6) is 0 Å². The standard InChI is InChI=1S/C5H8N8/c6-4-1-12(10-8-4)3-13-2-5(7)9-11-13/h1-2H,3,6-7H2. The van der Waals surface area contributed by atoms with Crippen molar-refractivity contribution in [2.45, 2.75) is 6.67 Å². The lowest BCUT2D eigenvalue weighted by Crippen LogP contribution is -2.09. The van der Waals surface area contributed by atoms with Crippen molar-refractivity contribution < 1.29 is 0 Å². The van der Waals surface area contributed by atoms with Gasteiger partial charge in [0.15, 0.2) is 11.6 Å². The summed E-state index contributed by atoms with van der Waals surface area (Å²) in [5.41, 5.74) is 10.7. The van der Waals surface area contributed by atoms with Crippen LogP contribution in [-0.4, -0.2) is 30.0 Å². The Morgan fingerprint density at radius 3 is 1.77 bits per heavy atom. The highest BCUT2D eigenvalue weighted by atomic mass is 15.5. The molecule has 0 saturated heterocycles. The molecule has 2 rings (SSSR count). The van der Waals surface area contributed by atoms with Crippen LogP contribution in [0.25, 0.3) is 0 Å². The quantitative estimate of drug-likeness (QED) is 0.583. The van der Waals surface area contributed by atoms with E-state index < -0.39 is 0 Å². The molecule has 0 bridgehead atoms. The molecule has 0 radical (unpaired) electrons. The molecular weight excluding hydrogens is 172 g/mol. The Bertz CT molecular complexity index is 362. The van der Waals surface area contributed by atoms with Gasteiger partial charge in [0.1, 0.15) is 6.67 Å². The van der Waals surface area contributed by atoms with Gasteiger partial charge in [-0.15, -0.1) is 10.2 Å². The molecule has 0 aliphatic carbocycles. The lowest BCUT2D eigenvalue weighted by atomic mass is 10.7. The van der Waals surface area contributed by atoms with Gasteiger partial charge in [0, 0.05) is 0 Å². The van der Waals surface area contributed by atoms with E-state index in [9.17, 15) is 0 Å². The summed E-state index contributed by atoms with van der Waals surface area (Å²) in [5, 5.41) is 14.7. The van der Waals surface area contributed by atoms with E-state index in [-0.39, 0.29) is 0 Å². The molecule has 0 atom stereocenters. The summed E-state index contributed by atoms with van der Waals surface area (Å²) in [6.07, 6.45) is 3.19. The molecule has 68 valence electrons. The minimum absolute atomic E-state index is 0.369. The number of hydrogen-bond donors (Lipinski definition) is 2. The molecule has 13 heavy (non-hydrogen) atoms. The number of anilines is 2. The van der Waals surface area contributed by atoms with Crippen molar-refractivity contribution in [3.63, 3.8) is 0 Å². The van der Waals surface area contributed by atoms with Crippen LogP contribution in [-0.2, 0) is 6.67 Å². The zero-order chi connectivity index (χ0) is 9.26. The largest absolute Gasteiger partial charge is 0.381 e. The summed E-state index contributed by atoms with van der Waals surface area (Å²) in [4.78, 5) is 0. The molecule has 2 heterocycles. The van der Waals surface area contributed by atoms with Gasteiger partial charge in [-0.25, -0.2) is 9.36 Å². The van der Waals surface area contributed by atoms with E-state index in [0.717, 1.165) is 0 Å². The van der Waals surface area contributed by atoms with E-state index >= 15 is 0 Å². The van der Waals surface area contributed by atoms with Crippen molar-refractivity contribution in [3.8, 4) is 0 Å². The molecule has 2 aromatic rings. The lowest BCUT2D eigenvalue weighted by Gasteiger charge is -1.96. The van der Waals surface area contributed by atoms with Crippen LogP contribution in [0.3, 0.4) is 0 Å². The first-order valence-electron chi connectivity index (χ1n) is 3.55. The number of hydrogen-bond acceptors (Lipinski definition) is 6. The van der Waals surface area contributed by atoms with Crippen molar-refractivity contribution in [2.24, 2.45) is 0 Å². The van der Waals surface area contributed by atoms with E-state index in [2.05, 4.69) is 20.6 Å². The monoisotopic (exact) mass is 180 g/mol. The predicted octanol–water partition coefficient (Wildman–Crippen LogP) is -1.46. The van der Waals surface area contributed by atoms with Gasteiger partial charge in [0.05, 0.1) is 12.4 Å². The zero-order valence-electron chi connectivity index (χ0n) is 6.70. The van der Waals surface area contributed by atoms with Crippen LogP contribution in [0.1, 0.15) is 0 Å². The average Bonchev–Trinajstić information content (AvgIpc) is 2.62. The highest BCUT2D eigenvalue weighted by Crippen LogP contribution is 1.95. The molecule has 0 fully saturated rings. The van der Waals surface area contributed by atoms with Crippen molar-refractivity contribution in [1.82, 2.24) is 30.0 Å². The number of rotatable bonds is 2. The van der Waals surface area contributed by atoms with Crippen LogP contribution in [0.2, 0.25) is 0 Å². The Morgan fingerprint density at radius 1 is 1.00 bits per heavy atom. The van der Waals surface area contributed by atoms with Crippen molar-refractivity contribution in [2.75, 3.05) is 11.5 Å². The van der Waals surface area contributed by atoms with Gasteiger partial charge in [0.25, 0.3) is 0 Å². The summed E-state index contributed by atoms with van der Waals surface area (Å²) in [6.45, 7) is 0.397. The zero-order valence-corrected chi connectivity index (χ0v) is 6.70. The summed E-state index contributed by atoms with van der Waals surface area (Å²) in [6, 6.07) is 0. The fourth-order valence-corrected chi connectivity index (χ4v) is 0.913. The Hall–Kier alpha value is -2.12. The first-order chi connectivity index (χ1) is 6.24. The average molecular weight is 180 g/mol. The molecule has 0 aliphatic rings. The maximum absolute atomic E-state index is 5.37. The SMILES string of the molecule is Nc1cn(Cn2cc(N)nn2)nn1. The summed E-state index contributed by atoms with van der Waals surface area (Å²) in [7, 11) is 0. The Balaban J connectivity index is 2.14. The Labute approximate surface area is 73.1 Å². The number of nitrogens with two attached hydrogens (primary N) is 2. The van der Waals surface area contributed by atoms with Gasteiger partial charge in [-0.2, -0.15) is 0 Å². The van der Waals surface area contributed by atoms with Gasteiger partial charge in [-0.3, -0.25) is 0 Å². The van der Waals surface area contributed by atoms with E-state index in [1.807, 2.05) is 0 Å². The predicted molar refractivity (Wildman–Crippen MR) is 44.3 cm³/mol. The second kappa shape index (κ2) is 2.73. The van der Waals surface area contributed by atoms with Gasteiger partial charge in [-0.05, 0) is 0 Å². The minimum atomic E-state index is 0.369. The Morgan fingerprint density at radius 2 is 1.46 bits per heavy atom. The van der Waals surface area contributed by atoms with E-state index in [0.29, 0.717) is 18.3 Å². The highest BCUT2D eigenvalue weighted by molar-refractivity contribution is 5.21. The van der Waals surface area contributed by atoms with Crippen LogP contribution in [0.4, 0.5) is 11.6 Å². The van der Waals surface area contributed by atoms with Gasteiger partial charge < -0.3 is 11.5 Å². The van der Waals surface area contributed by atoms with Crippen LogP contribution in [0, 0.1) is 0 Å².